The lowest BCUT2D eigenvalue weighted by molar-refractivity contribution is 0.297. The molecule has 0 spiro atoms. The quantitative estimate of drug-likeness (QED) is 0.806. The minimum absolute atomic E-state index is 0.542. The van der Waals surface area contributed by atoms with Gasteiger partial charge in [-0.15, -0.1) is 0 Å². The Morgan fingerprint density at radius 1 is 1.44 bits per heavy atom. The molecule has 1 saturated heterocycles. The zero-order valence-corrected chi connectivity index (χ0v) is 10.3. The Labute approximate surface area is 97.6 Å². The predicted octanol–water partition coefficient (Wildman–Crippen LogP) is 0.994. The third-order valence-electron chi connectivity index (χ3n) is 3.13. The van der Waals surface area contributed by atoms with Gasteiger partial charge in [0.1, 0.15) is 0 Å². The number of aryl methyl sites for hydroxylation is 1. The molecular weight excluding hydrogens is 200 g/mol. The lowest BCUT2D eigenvalue weighted by atomic mass is 10.3. The van der Waals surface area contributed by atoms with Crippen LogP contribution in [0.1, 0.15) is 25.5 Å². The first-order valence-corrected chi connectivity index (χ1v) is 6.18. The minimum atomic E-state index is 0.542. The fourth-order valence-corrected chi connectivity index (χ4v) is 2.25. The number of nitrogens with one attached hydrogen (secondary N) is 1. The van der Waals surface area contributed by atoms with E-state index in [0.29, 0.717) is 6.04 Å². The van der Waals surface area contributed by atoms with E-state index in [-0.39, 0.29) is 0 Å². The molecule has 4 nitrogen and oxygen atoms in total. The lowest BCUT2D eigenvalue weighted by Crippen LogP contribution is -2.37. The molecule has 0 aromatic carbocycles. The fourth-order valence-electron chi connectivity index (χ4n) is 2.25. The van der Waals surface area contributed by atoms with Gasteiger partial charge >= 0.3 is 0 Å². The van der Waals surface area contributed by atoms with Crippen molar-refractivity contribution in [1.82, 2.24) is 20.0 Å². The van der Waals surface area contributed by atoms with Crippen molar-refractivity contribution in [2.24, 2.45) is 7.05 Å². The second kappa shape index (κ2) is 5.46. The number of nitrogens with zero attached hydrogens (tertiary/aromatic N) is 3. The van der Waals surface area contributed by atoms with Gasteiger partial charge in [0, 0.05) is 32.4 Å². The molecule has 2 rings (SSSR count). The third kappa shape index (κ3) is 3.32. The Hall–Kier alpha value is -0.870. The van der Waals surface area contributed by atoms with Gasteiger partial charge in [-0.1, -0.05) is 0 Å². The first-order chi connectivity index (χ1) is 7.74. The van der Waals surface area contributed by atoms with Crippen molar-refractivity contribution >= 4 is 0 Å². The van der Waals surface area contributed by atoms with Crippen molar-refractivity contribution in [1.29, 1.82) is 0 Å². The van der Waals surface area contributed by atoms with E-state index in [1.165, 1.54) is 25.9 Å². The molecule has 4 heteroatoms. The summed E-state index contributed by atoms with van der Waals surface area (Å²) in [7, 11) is 1.96. The summed E-state index contributed by atoms with van der Waals surface area (Å²) in [6.45, 7) is 6.83. The monoisotopic (exact) mass is 222 g/mol. The molecule has 0 saturated carbocycles. The van der Waals surface area contributed by atoms with Crippen LogP contribution in [0.4, 0.5) is 0 Å². The SMILES string of the molecule is CC(CN1CCCC1)NCc1ccn(C)n1. The first-order valence-electron chi connectivity index (χ1n) is 6.18. The smallest absolute Gasteiger partial charge is 0.0762 e. The van der Waals surface area contributed by atoms with Crippen LogP contribution < -0.4 is 5.32 Å². The lowest BCUT2D eigenvalue weighted by Gasteiger charge is -2.20. The van der Waals surface area contributed by atoms with Gasteiger partial charge in [-0.25, -0.2) is 0 Å². The van der Waals surface area contributed by atoms with Crippen molar-refractivity contribution in [3.63, 3.8) is 0 Å². The molecule has 1 unspecified atom stereocenters. The van der Waals surface area contributed by atoms with Crippen molar-refractivity contribution in [3.8, 4) is 0 Å². The molecule has 2 heterocycles. The summed E-state index contributed by atoms with van der Waals surface area (Å²) >= 11 is 0. The van der Waals surface area contributed by atoms with Crippen LogP contribution >= 0.6 is 0 Å². The van der Waals surface area contributed by atoms with E-state index in [1.54, 1.807) is 0 Å². The molecule has 16 heavy (non-hydrogen) atoms. The van der Waals surface area contributed by atoms with Gasteiger partial charge in [-0.3, -0.25) is 4.68 Å². The van der Waals surface area contributed by atoms with Crippen LogP contribution in [0.5, 0.6) is 0 Å². The van der Waals surface area contributed by atoms with Gasteiger partial charge < -0.3 is 10.2 Å². The van der Waals surface area contributed by atoms with Crippen LogP contribution in [0, 0.1) is 0 Å². The summed E-state index contributed by atoms with van der Waals surface area (Å²) in [5.41, 5.74) is 1.12. The van der Waals surface area contributed by atoms with Gasteiger partial charge in [-0.2, -0.15) is 5.10 Å². The Kier molecular flexibility index (Phi) is 3.96. The van der Waals surface area contributed by atoms with Gasteiger partial charge in [0.2, 0.25) is 0 Å². The Morgan fingerprint density at radius 2 is 2.19 bits per heavy atom. The van der Waals surface area contributed by atoms with E-state index < -0.39 is 0 Å². The van der Waals surface area contributed by atoms with Gasteiger partial charge in [0.25, 0.3) is 0 Å². The molecule has 90 valence electrons. The van der Waals surface area contributed by atoms with Gasteiger partial charge in [0.15, 0.2) is 0 Å². The Morgan fingerprint density at radius 3 is 2.81 bits per heavy atom. The molecule has 1 atom stereocenters. The van der Waals surface area contributed by atoms with Crippen LogP contribution in [-0.4, -0.2) is 40.4 Å². The predicted molar refractivity (Wildman–Crippen MR) is 65.2 cm³/mol. The third-order valence-corrected chi connectivity index (χ3v) is 3.13. The van der Waals surface area contributed by atoms with E-state index in [4.69, 9.17) is 0 Å². The Bertz CT molecular complexity index is 315. The summed E-state index contributed by atoms with van der Waals surface area (Å²) in [5, 5.41) is 7.88. The molecule has 1 aliphatic rings. The maximum Gasteiger partial charge on any atom is 0.0762 e. The van der Waals surface area contributed by atoms with E-state index >= 15 is 0 Å². The van der Waals surface area contributed by atoms with Gasteiger partial charge in [-0.05, 0) is 38.9 Å². The molecule has 0 radical (unpaired) electrons. The molecule has 1 aromatic rings. The zero-order chi connectivity index (χ0) is 11.4. The standard InChI is InChI=1S/C12H22N4/c1-11(10-16-6-3-4-7-16)13-9-12-5-8-15(2)14-12/h5,8,11,13H,3-4,6-7,9-10H2,1-2H3. The van der Waals surface area contributed by atoms with E-state index in [0.717, 1.165) is 18.8 Å². The topological polar surface area (TPSA) is 33.1 Å². The fraction of sp³-hybridized carbons (Fsp3) is 0.750. The largest absolute Gasteiger partial charge is 0.307 e. The van der Waals surface area contributed by atoms with Crippen LogP contribution in [0.15, 0.2) is 12.3 Å². The summed E-state index contributed by atoms with van der Waals surface area (Å²) in [5.74, 6) is 0. The number of hydrogen-bond acceptors (Lipinski definition) is 3. The highest BCUT2D eigenvalue weighted by molar-refractivity contribution is 4.98. The Balaban J connectivity index is 1.68. The average Bonchev–Trinajstić information content (AvgIpc) is 2.87. The highest BCUT2D eigenvalue weighted by Gasteiger charge is 2.14. The highest BCUT2D eigenvalue weighted by atomic mass is 15.3. The van der Waals surface area contributed by atoms with Crippen molar-refractivity contribution < 1.29 is 0 Å². The van der Waals surface area contributed by atoms with Crippen LogP contribution in [0.3, 0.4) is 0 Å². The molecule has 1 N–H and O–H groups in total. The molecular formula is C12H22N4. The second-order valence-corrected chi connectivity index (χ2v) is 4.77. The van der Waals surface area contributed by atoms with Gasteiger partial charge in [0.05, 0.1) is 5.69 Å². The molecule has 0 bridgehead atoms. The highest BCUT2D eigenvalue weighted by Crippen LogP contribution is 2.07. The number of hydrogen-bond donors (Lipinski definition) is 1. The number of aromatic nitrogens is 2. The maximum absolute atomic E-state index is 4.36. The van der Waals surface area contributed by atoms with Crippen molar-refractivity contribution in [3.05, 3.63) is 18.0 Å². The minimum Gasteiger partial charge on any atom is -0.307 e. The summed E-state index contributed by atoms with van der Waals surface area (Å²) in [6, 6.07) is 2.61. The molecule has 0 amide bonds. The van der Waals surface area contributed by atoms with E-state index in [2.05, 4.69) is 28.3 Å². The zero-order valence-electron chi connectivity index (χ0n) is 10.3. The summed E-state index contributed by atoms with van der Waals surface area (Å²) in [4.78, 5) is 2.54. The van der Waals surface area contributed by atoms with Crippen molar-refractivity contribution in [2.45, 2.75) is 32.4 Å². The number of rotatable bonds is 5. The number of likely N-dealkylation sites (tertiary alicyclic amines) is 1. The van der Waals surface area contributed by atoms with Crippen LogP contribution in [0.2, 0.25) is 0 Å². The first kappa shape index (κ1) is 11.6. The van der Waals surface area contributed by atoms with E-state index in [1.807, 2.05) is 17.9 Å². The van der Waals surface area contributed by atoms with Crippen LogP contribution in [-0.2, 0) is 13.6 Å². The summed E-state index contributed by atoms with van der Waals surface area (Å²) in [6.07, 6.45) is 4.72. The molecule has 1 aliphatic heterocycles. The molecule has 1 fully saturated rings. The average molecular weight is 222 g/mol. The van der Waals surface area contributed by atoms with Crippen molar-refractivity contribution in [2.75, 3.05) is 19.6 Å². The normalized spacial score (nSPS) is 19.1. The molecule has 0 aliphatic carbocycles. The second-order valence-electron chi connectivity index (χ2n) is 4.77. The maximum atomic E-state index is 4.36. The molecule has 1 aromatic heterocycles. The summed E-state index contributed by atoms with van der Waals surface area (Å²) < 4.78 is 1.85. The van der Waals surface area contributed by atoms with E-state index in [9.17, 15) is 0 Å². The van der Waals surface area contributed by atoms with Crippen LogP contribution in [0.25, 0.3) is 0 Å².